The lowest BCUT2D eigenvalue weighted by molar-refractivity contribution is 0.0785. The summed E-state index contributed by atoms with van der Waals surface area (Å²) in [5.41, 5.74) is 7.18. The molecular weight excluding hydrogens is 392 g/mol. The zero-order chi connectivity index (χ0) is 21.1. The zero-order valence-electron chi connectivity index (χ0n) is 17.6. The van der Waals surface area contributed by atoms with Gasteiger partial charge in [0.2, 0.25) is 0 Å². The normalized spacial score (nSPS) is 16.1. The van der Waals surface area contributed by atoms with Gasteiger partial charge in [-0.3, -0.25) is 4.79 Å². The fourth-order valence-corrected chi connectivity index (χ4v) is 4.56. The van der Waals surface area contributed by atoms with Crippen LogP contribution in [0.1, 0.15) is 53.4 Å². The average molecular weight is 419 g/mol. The Hall–Kier alpha value is -2.65. The molecule has 4 rings (SSSR count). The van der Waals surface area contributed by atoms with Crippen molar-refractivity contribution in [3.05, 3.63) is 88.2 Å². The van der Waals surface area contributed by atoms with Crippen LogP contribution in [0.3, 0.4) is 0 Å². The number of rotatable bonds is 5. The van der Waals surface area contributed by atoms with Gasteiger partial charge in [-0.1, -0.05) is 67.9 Å². The molecule has 0 radical (unpaired) electrons. The van der Waals surface area contributed by atoms with E-state index in [9.17, 15) is 4.79 Å². The fraction of sp³-hybridized carbons (Fsp3) is 0.308. The summed E-state index contributed by atoms with van der Waals surface area (Å²) in [6, 6.07) is 18.9. The van der Waals surface area contributed by atoms with Crippen LogP contribution in [0.2, 0.25) is 5.02 Å². The number of carbonyl (C=O) groups excluding carboxylic acids is 1. The van der Waals surface area contributed by atoms with E-state index in [1.165, 1.54) is 34.0 Å². The van der Waals surface area contributed by atoms with E-state index in [2.05, 4.69) is 61.3 Å². The van der Waals surface area contributed by atoms with Gasteiger partial charge in [-0.2, -0.15) is 0 Å². The van der Waals surface area contributed by atoms with Gasteiger partial charge in [0, 0.05) is 25.2 Å². The first-order valence-electron chi connectivity index (χ1n) is 10.7. The zero-order valence-corrected chi connectivity index (χ0v) is 18.3. The highest BCUT2D eigenvalue weighted by atomic mass is 35.5. The highest BCUT2D eigenvalue weighted by molar-refractivity contribution is 6.30. The average Bonchev–Trinajstić information content (AvgIpc) is 3.28. The molecule has 1 aliphatic rings. The minimum atomic E-state index is -0.0132. The van der Waals surface area contributed by atoms with Crippen LogP contribution in [0, 0.1) is 0 Å². The Balaban J connectivity index is 1.56. The maximum atomic E-state index is 12.8. The molecule has 3 nitrogen and oxygen atoms in total. The first-order valence-corrected chi connectivity index (χ1v) is 11.1. The van der Waals surface area contributed by atoms with Crippen LogP contribution in [-0.4, -0.2) is 28.9 Å². The van der Waals surface area contributed by atoms with E-state index in [0.717, 1.165) is 32.4 Å². The topological polar surface area (TPSA) is 33.2 Å². The number of hydrogen-bond donors (Lipinski definition) is 0. The third-order valence-corrected chi connectivity index (χ3v) is 6.32. The highest BCUT2D eigenvalue weighted by Gasteiger charge is 2.29. The lowest BCUT2D eigenvalue weighted by Crippen LogP contribution is -2.29. The SMILES string of the molecule is CCc1ccccc1-c1ccc(C2CCN(C(=O)c3ccc(Cl)cn3)C2)c(CC)c1. The summed E-state index contributed by atoms with van der Waals surface area (Å²) in [6.45, 7) is 5.91. The van der Waals surface area contributed by atoms with Gasteiger partial charge in [0.05, 0.1) is 5.02 Å². The van der Waals surface area contributed by atoms with Crippen LogP contribution in [0.15, 0.2) is 60.8 Å². The van der Waals surface area contributed by atoms with Gasteiger partial charge in [-0.15, -0.1) is 0 Å². The molecule has 3 aromatic rings. The van der Waals surface area contributed by atoms with Crippen molar-refractivity contribution in [1.82, 2.24) is 9.88 Å². The Morgan fingerprint density at radius 1 is 1.07 bits per heavy atom. The Morgan fingerprint density at radius 3 is 2.60 bits per heavy atom. The number of halogens is 1. The lowest BCUT2D eigenvalue weighted by Gasteiger charge is -2.19. The summed E-state index contributed by atoms with van der Waals surface area (Å²) < 4.78 is 0. The largest absolute Gasteiger partial charge is 0.337 e. The van der Waals surface area contributed by atoms with Crippen molar-refractivity contribution in [3.8, 4) is 11.1 Å². The first kappa shape index (κ1) is 20.6. The molecule has 1 unspecified atom stereocenters. The van der Waals surface area contributed by atoms with Crippen LogP contribution in [0.5, 0.6) is 0 Å². The van der Waals surface area contributed by atoms with Crippen LogP contribution in [0.4, 0.5) is 0 Å². The molecule has 1 aliphatic heterocycles. The maximum absolute atomic E-state index is 12.8. The Kier molecular flexibility index (Phi) is 6.19. The fourth-order valence-electron chi connectivity index (χ4n) is 4.45. The molecule has 0 bridgehead atoms. The van der Waals surface area contributed by atoms with Crippen LogP contribution in [0.25, 0.3) is 11.1 Å². The van der Waals surface area contributed by atoms with Crippen molar-refractivity contribution in [2.45, 2.75) is 39.0 Å². The van der Waals surface area contributed by atoms with Crippen LogP contribution < -0.4 is 0 Å². The molecule has 0 aliphatic carbocycles. The molecule has 1 aromatic heterocycles. The molecule has 154 valence electrons. The van der Waals surface area contributed by atoms with Gasteiger partial charge in [0.25, 0.3) is 5.91 Å². The number of hydrogen-bond acceptors (Lipinski definition) is 2. The number of benzene rings is 2. The molecule has 4 heteroatoms. The molecule has 1 saturated heterocycles. The minimum Gasteiger partial charge on any atom is -0.337 e. The number of pyridine rings is 1. The molecule has 0 saturated carbocycles. The van der Waals surface area contributed by atoms with Gasteiger partial charge < -0.3 is 4.90 Å². The second-order valence-corrected chi connectivity index (χ2v) is 8.31. The van der Waals surface area contributed by atoms with Gasteiger partial charge in [0.15, 0.2) is 0 Å². The van der Waals surface area contributed by atoms with Gasteiger partial charge >= 0.3 is 0 Å². The molecule has 0 spiro atoms. The Morgan fingerprint density at radius 2 is 1.87 bits per heavy atom. The molecule has 1 fully saturated rings. The summed E-state index contributed by atoms with van der Waals surface area (Å²) in [5, 5.41) is 0.545. The summed E-state index contributed by atoms with van der Waals surface area (Å²) in [7, 11) is 0. The van der Waals surface area contributed by atoms with Crippen molar-refractivity contribution >= 4 is 17.5 Å². The van der Waals surface area contributed by atoms with Crippen LogP contribution in [-0.2, 0) is 12.8 Å². The summed E-state index contributed by atoms with van der Waals surface area (Å²) >= 11 is 5.90. The van der Waals surface area contributed by atoms with Crippen molar-refractivity contribution in [3.63, 3.8) is 0 Å². The number of amides is 1. The van der Waals surface area contributed by atoms with E-state index in [0.29, 0.717) is 16.6 Å². The van der Waals surface area contributed by atoms with Crippen molar-refractivity contribution in [2.75, 3.05) is 13.1 Å². The molecule has 2 aromatic carbocycles. The summed E-state index contributed by atoms with van der Waals surface area (Å²) in [4.78, 5) is 18.9. The molecule has 1 atom stereocenters. The number of aromatic nitrogens is 1. The maximum Gasteiger partial charge on any atom is 0.272 e. The van der Waals surface area contributed by atoms with Crippen molar-refractivity contribution in [2.24, 2.45) is 0 Å². The molecule has 30 heavy (non-hydrogen) atoms. The van der Waals surface area contributed by atoms with E-state index >= 15 is 0 Å². The molecule has 0 N–H and O–H groups in total. The monoisotopic (exact) mass is 418 g/mol. The van der Waals surface area contributed by atoms with Crippen molar-refractivity contribution in [1.29, 1.82) is 0 Å². The second kappa shape index (κ2) is 9.01. The third kappa shape index (κ3) is 4.13. The van der Waals surface area contributed by atoms with E-state index in [1.54, 1.807) is 12.1 Å². The van der Waals surface area contributed by atoms with Gasteiger partial charge in [-0.25, -0.2) is 4.98 Å². The number of likely N-dealkylation sites (tertiary alicyclic amines) is 1. The summed E-state index contributed by atoms with van der Waals surface area (Å²) in [5.74, 6) is 0.354. The lowest BCUT2D eigenvalue weighted by atomic mass is 9.88. The first-order chi connectivity index (χ1) is 14.6. The van der Waals surface area contributed by atoms with Gasteiger partial charge in [-0.05, 0) is 59.2 Å². The van der Waals surface area contributed by atoms with E-state index in [-0.39, 0.29) is 5.91 Å². The smallest absolute Gasteiger partial charge is 0.272 e. The second-order valence-electron chi connectivity index (χ2n) is 7.88. The quantitative estimate of drug-likeness (QED) is 0.497. The number of nitrogens with zero attached hydrogens (tertiary/aromatic N) is 2. The van der Waals surface area contributed by atoms with E-state index in [4.69, 9.17) is 11.6 Å². The van der Waals surface area contributed by atoms with Crippen molar-refractivity contribution < 1.29 is 4.79 Å². The predicted octanol–water partition coefficient (Wildman–Crippen LogP) is 6.16. The van der Waals surface area contributed by atoms with Gasteiger partial charge in [0.1, 0.15) is 5.69 Å². The summed E-state index contributed by atoms with van der Waals surface area (Å²) in [6.07, 6.45) is 4.53. The standard InChI is InChI=1S/C26H27ClN2O/c1-3-18-7-5-6-8-23(18)20-9-11-24(19(4-2)15-20)21-13-14-29(17-21)26(30)25-12-10-22(27)16-28-25/h5-12,15-16,21H,3-4,13-14,17H2,1-2H3. The minimum absolute atomic E-state index is 0.0132. The van der Waals surface area contributed by atoms with E-state index in [1.807, 2.05) is 4.90 Å². The Labute approximate surface area is 183 Å². The molecule has 2 heterocycles. The highest BCUT2D eigenvalue weighted by Crippen LogP contribution is 2.34. The Bertz CT molecular complexity index is 1050. The predicted molar refractivity (Wildman–Crippen MR) is 123 cm³/mol. The molecular formula is C26H27ClN2O. The third-order valence-electron chi connectivity index (χ3n) is 6.09. The number of aryl methyl sites for hydroxylation is 2. The van der Waals surface area contributed by atoms with E-state index < -0.39 is 0 Å². The molecule has 1 amide bonds. The number of carbonyl (C=O) groups is 1. The van der Waals surface area contributed by atoms with Crippen LogP contribution >= 0.6 is 11.6 Å².